The average molecular weight is 393 g/mol. The maximum atomic E-state index is 13.5. The highest BCUT2D eigenvalue weighted by Crippen LogP contribution is 2.19. The molecule has 4 rings (SSSR count). The zero-order valence-corrected chi connectivity index (χ0v) is 15.5. The molecule has 8 heteroatoms. The van der Waals surface area contributed by atoms with Crippen LogP contribution in [0.1, 0.15) is 21.6 Å². The van der Waals surface area contributed by atoms with Gasteiger partial charge in [0.25, 0.3) is 5.91 Å². The Kier molecular flexibility index (Phi) is 4.90. The fraction of sp³-hybridized carbons (Fsp3) is 0.0952. The third kappa shape index (κ3) is 3.91. The van der Waals surface area contributed by atoms with Crippen molar-refractivity contribution >= 4 is 11.6 Å². The molecular formula is C21H17F2N5O. The van der Waals surface area contributed by atoms with Gasteiger partial charge in [-0.2, -0.15) is 0 Å². The molecule has 2 aromatic heterocycles. The van der Waals surface area contributed by atoms with Crippen molar-refractivity contribution in [3.8, 4) is 5.82 Å². The lowest BCUT2D eigenvalue weighted by molar-refractivity contribution is 0.102. The molecule has 1 amide bonds. The summed E-state index contributed by atoms with van der Waals surface area (Å²) >= 11 is 0. The normalized spacial score (nSPS) is 10.9. The fourth-order valence-electron chi connectivity index (χ4n) is 3.01. The molecule has 0 radical (unpaired) electrons. The molecule has 6 nitrogen and oxygen atoms in total. The molecule has 0 aliphatic carbocycles. The van der Waals surface area contributed by atoms with Crippen LogP contribution >= 0.6 is 0 Å². The van der Waals surface area contributed by atoms with E-state index in [1.54, 1.807) is 42.1 Å². The predicted molar refractivity (Wildman–Crippen MR) is 104 cm³/mol. The number of hydrogen-bond donors (Lipinski definition) is 1. The molecule has 29 heavy (non-hydrogen) atoms. The Morgan fingerprint density at radius 3 is 2.59 bits per heavy atom. The summed E-state index contributed by atoms with van der Waals surface area (Å²) in [7, 11) is 0. The van der Waals surface area contributed by atoms with Crippen molar-refractivity contribution in [3.05, 3.63) is 95.4 Å². The number of carbonyl (C=O) groups is 1. The summed E-state index contributed by atoms with van der Waals surface area (Å²) in [6, 6.07) is 14.1. The van der Waals surface area contributed by atoms with Gasteiger partial charge in [0.05, 0.1) is 6.54 Å². The number of halogens is 2. The summed E-state index contributed by atoms with van der Waals surface area (Å²) in [4.78, 5) is 12.9. The van der Waals surface area contributed by atoms with E-state index in [4.69, 9.17) is 0 Å². The number of benzene rings is 2. The molecule has 4 aromatic rings. The second-order valence-corrected chi connectivity index (χ2v) is 6.56. The van der Waals surface area contributed by atoms with Crippen LogP contribution in [-0.4, -0.2) is 25.5 Å². The Morgan fingerprint density at radius 1 is 1.07 bits per heavy atom. The minimum atomic E-state index is -0.481. The van der Waals surface area contributed by atoms with Gasteiger partial charge < -0.3 is 9.88 Å². The third-order valence-corrected chi connectivity index (χ3v) is 4.41. The van der Waals surface area contributed by atoms with E-state index >= 15 is 0 Å². The molecule has 0 bridgehead atoms. The van der Waals surface area contributed by atoms with Crippen LogP contribution in [0, 0.1) is 18.6 Å². The van der Waals surface area contributed by atoms with E-state index in [0.29, 0.717) is 22.6 Å². The molecule has 2 aromatic carbocycles. The van der Waals surface area contributed by atoms with Crippen molar-refractivity contribution in [3.63, 3.8) is 0 Å². The number of aryl methyl sites for hydroxylation is 1. The molecule has 0 fully saturated rings. The number of rotatable bonds is 5. The van der Waals surface area contributed by atoms with Gasteiger partial charge in [0, 0.05) is 18.1 Å². The number of hydrogen-bond acceptors (Lipinski definition) is 3. The zero-order valence-electron chi connectivity index (χ0n) is 15.5. The Balaban J connectivity index is 1.68. The van der Waals surface area contributed by atoms with Gasteiger partial charge in [-0.3, -0.25) is 4.79 Å². The fourth-order valence-corrected chi connectivity index (χ4v) is 3.01. The summed E-state index contributed by atoms with van der Waals surface area (Å²) in [6.45, 7) is 1.85. The maximum Gasteiger partial charge on any atom is 0.280 e. The van der Waals surface area contributed by atoms with Gasteiger partial charge >= 0.3 is 0 Å². The van der Waals surface area contributed by atoms with E-state index in [-0.39, 0.29) is 23.9 Å². The smallest absolute Gasteiger partial charge is 0.280 e. The van der Waals surface area contributed by atoms with E-state index in [9.17, 15) is 13.6 Å². The predicted octanol–water partition coefficient (Wildman–Crippen LogP) is 3.96. The highest BCUT2D eigenvalue weighted by Gasteiger charge is 2.21. The van der Waals surface area contributed by atoms with Gasteiger partial charge in [-0.1, -0.05) is 17.3 Å². The van der Waals surface area contributed by atoms with Crippen molar-refractivity contribution in [2.45, 2.75) is 13.5 Å². The number of amides is 1. The van der Waals surface area contributed by atoms with Gasteiger partial charge in [0.2, 0.25) is 0 Å². The van der Waals surface area contributed by atoms with Crippen LogP contribution in [-0.2, 0) is 6.54 Å². The van der Waals surface area contributed by atoms with Crippen LogP contribution in [0.5, 0.6) is 0 Å². The lowest BCUT2D eigenvalue weighted by Gasteiger charge is -2.10. The first-order chi connectivity index (χ1) is 14.0. The Labute approximate surface area is 165 Å². The van der Waals surface area contributed by atoms with Crippen LogP contribution < -0.4 is 5.32 Å². The van der Waals surface area contributed by atoms with Gasteiger partial charge in [-0.05, 0) is 60.5 Å². The molecule has 146 valence electrons. The summed E-state index contributed by atoms with van der Waals surface area (Å²) in [5.74, 6) is -0.743. The van der Waals surface area contributed by atoms with Crippen molar-refractivity contribution in [1.29, 1.82) is 0 Å². The van der Waals surface area contributed by atoms with E-state index in [0.717, 1.165) is 0 Å². The van der Waals surface area contributed by atoms with Crippen molar-refractivity contribution in [1.82, 2.24) is 19.6 Å². The van der Waals surface area contributed by atoms with Crippen LogP contribution in [0.2, 0.25) is 0 Å². The Morgan fingerprint density at radius 2 is 1.86 bits per heavy atom. The molecule has 0 saturated carbocycles. The highest BCUT2D eigenvalue weighted by atomic mass is 19.1. The van der Waals surface area contributed by atoms with Crippen molar-refractivity contribution in [2.75, 3.05) is 5.32 Å². The number of anilines is 1. The minimum absolute atomic E-state index is 0.0968. The van der Waals surface area contributed by atoms with E-state index < -0.39 is 5.91 Å². The highest BCUT2D eigenvalue weighted by molar-refractivity contribution is 6.04. The number of carbonyl (C=O) groups excluding carboxylic acids is 1. The molecule has 2 heterocycles. The van der Waals surface area contributed by atoms with Crippen molar-refractivity contribution in [2.24, 2.45) is 0 Å². The quantitative estimate of drug-likeness (QED) is 0.558. The van der Waals surface area contributed by atoms with Crippen LogP contribution in [0.4, 0.5) is 14.5 Å². The summed E-state index contributed by atoms with van der Waals surface area (Å²) in [5, 5.41) is 10.9. The first-order valence-electron chi connectivity index (χ1n) is 8.90. The summed E-state index contributed by atoms with van der Waals surface area (Å²) in [5.41, 5.74) is 1.65. The topological polar surface area (TPSA) is 64.7 Å². The van der Waals surface area contributed by atoms with Gasteiger partial charge in [-0.15, -0.1) is 5.10 Å². The second kappa shape index (κ2) is 7.67. The molecule has 0 atom stereocenters. The molecule has 0 unspecified atom stereocenters. The monoisotopic (exact) mass is 393 g/mol. The van der Waals surface area contributed by atoms with Gasteiger partial charge in [-0.25, -0.2) is 13.5 Å². The zero-order chi connectivity index (χ0) is 20.4. The van der Waals surface area contributed by atoms with Gasteiger partial charge in [0.15, 0.2) is 11.5 Å². The van der Waals surface area contributed by atoms with Crippen LogP contribution in [0.15, 0.2) is 67.0 Å². The first kappa shape index (κ1) is 18.5. The SMILES string of the molecule is Cc1cc(NC(=O)c2nnn(Cc3cccc(F)c3)c2-n2cccc2)ccc1F. The first-order valence-corrected chi connectivity index (χ1v) is 8.90. The van der Waals surface area contributed by atoms with E-state index in [2.05, 4.69) is 15.6 Å². The van der Waals surface area contributed by atoms with E-state index in [1.165, 1.54) is 28.9 Å². The molecular weight excluding hydrogens is 376 g/mol. The molecule has 1 N–H and O–H groups in total. The average Bonchev–Trinajstić information content (AvgIpc) is 3.34. The largest absolute Gasteiger partial charge is 0.320 e. The number of nitrogens with zero attached hydrogens (tertiary/aromatic N) is 4. The van der Waals surface area contributed by atoms with Crippen LogP contribution in [0.25, 0.3) is 5.82 Å². The molecule has 0 saturated heterocycles. The summed E-state index contributed by atoms with van der Waals surface area (Å²) < 4.78 is 30.3. The minimum Gasteiger partial charge on any atom is -0.320 e. The number of aromatic nitrogens is 4. The lowest BCUT2D eigenvalue weighted by Crippen LogP contribution is -2.17. The summed E-state index contributed by atoms with van der Waals surface area (Å²) in [6.07, 6.45) is 3.53. The number of nitrogens with one attached hydrogen (secondary N) is 1. The lowest BCUT2D eigenvalue weighted by atomic mass is 10.2. The molecule has 0 spiro atoms. The van der Waals surface area contributed by atoms with Crippen LogP contribution in [0.3, 0.4) is 0 Å². The second-order valence-electron chi connectivity index (χ2n) is 6.56. The Hall–Kier alpha value is -3.81. The maximum absolute atomic E-state index is 13.5. The van der Waals surface area contributed by atoms with Gasteiger partial charge in [0.1, 0.15) is 11.6 Å². The van der Waals surface area contributed by atoms with Crippen molar-refractivity contribution < 1.29 is 13.6 Å². The standard InChI is InChI=1S/C21H17F2N5O/c1-14-11-17(7-8-18(14)23)24-20(29)19-21(27-9-2-3-10-27)28(26-25-19)13-15-5-4-6-16(22)12-15/h2-12H,13H2,1H3,(H,24,29). The van der Waals surface area contributed by atoms with E-state index in [1.807, 2.05) is 12.1 Å². The third-order valence-electron chi connectivity index (χ3n) is 4.41. The molecule has 0 aliphatic heterocycles. The Bertz CT molecular complexity index is 1170. The molecule has 0 aliphatic rings.